The molecule has 0 spiro atoms. The molecule has 0 aliphatic rings. The van der Waals surface area contributed by atoms with Crippen molar-refractivity contribution in [1.29, 1.82) is 0 Å². The van der Waals surface area contributed by atoms with E-state index in [0.717, 1.165) is 0 Å². The molecule has 108 valence electrons. The SMILES string of the molecule is Cc1c(NCCn2ccnn2)cc(N)cc1S(N)(=O)=O. The number of hydrogen-bond acceptors (Lipinski definition) is 6. The monoisotopic (exact) mass is 296 g/mol. The van der Waals surface area contributed by atoms with Crippen LogP contribution in [0.15, 0.2) is 29.4 Å². The summed E-state index contributed by atoms with van der Waals surface area (Å²) in [5.41, 5.74) is 7.22. The average Bonchev–Trinajstić information content (AvgIpc) is 2.84. The summed E-state index contributed by atoms with van der Waals surface area (Å²) in [7, 11) is -3.79. The summed E-state index contributed by atoms with van der Waals surface area (Å²) < 4.78 is 24.6. The molecule has 0 fully saturated rings. The number of sulfonamides is 1. The lowest BCUT2D eigenvalue weighted by molar-refractivity contribution is 0.597. The third-order valence-corrected chi connectivity index (χ3v) is 3.85. The molecule has 0 atom stereocenters. The van der Waals surface area contributed by atoms with E-state index in [1.807, 2.05) is 0 Å². The van der Waals surface area contributed by atoms with E-state index in [0.29, 0.717) is 30.0 Å². The van der Waals surface area contributed by atoms with Gasteiger partial charge in [-0.05, 0) is 24.6 Å². The second kappa shape index (κ2) is 5.47. The maximum Gasteiger partial charge on any atom is 0.238 e. The highest BCUT2D eigenvalue weighted by molar-refractivity contribution is 7.89. The fourth-order valence-corrected chi connectivity index (χ4v) is 2.68. The van der Waals surface area contributed by atoms with Gasteiger partial charge in [-0.2, -0.15) is 0 Å². The molecular weight excluding hydrogens is 280 g/mol. The van der Waals surface area contributed by atoms with Crippen LogP contribution in [0.4, 0.5) is 11.4 Å². The quantitative estimate of drug-likeness (QED) is 0.662. The number of nitrogens with zero attached hydrogens (tertiary/aromatic N) is 3. The van der Waals surface area contributed by atoms with Crippen LogP contribution >= 0.6 is 0 Å². The van der Waals surface area contributed by atoms with Crippen LogP contribution in [-0.2, 0) is 16.6 Å². The number of benzene rings is 1. The number of aromatic nitrogens is 3. The van der Waals surface area contributed by atoms with Gasteiger partial charge >= 0.3 is 0 Å². The van der Waals surface area contributed by atoms with Crippen LogP contribution in [0, 0.1) is 6.92 Å². The Kier molecular flexibility index (Phi) is 3.91. The van der Waals surface area contributed by atoms with E-state index in [4.69, 9.17) is 10.9 Å². The third kappa shape index (κ3) is 3.25. The highest BCUT2D eigenvalue weighted by atomic mass is 32.2. The Labute approximate surface area is 116 Å². The molecule has 5 N–H and O–H groups in total. The second-order valence-corrected chi connectivity index (χ2v) is 5.86. The lowest BCUT2D eigenvalue weighted by Gasteiger charge is -2.13. The molecule has 0 aliphatic carbocycles. The van der Waals surface area contributed by atoms with Crippen molar-refractivity contribution in [1.82, 2.24) is 15.0 Å². The van der Waals surface area contributed by atoms with E-state index in [1.165, 1.54) is 6.07 Å². The summed E-state index contributed by atoms with van der Waals surface area (Å²) in [5, 5.41) is 15.8. The van der Waals surface area contributed by atoms with Crippen LogP contribution in [0.5, 0.6) is 0 Å². The highest BCUT2D eigenvalue weighted by Gasteiger charge is 2.15. The van der Waals surface area contributed by atoms with E-state index in [1.54, 1.807) is 30.1 Å². The minimum Gasteiger partial charge on any atom is -0.399 e. The largest absolute Gasteiger partial charge is 0.399 e. The minimum absolute atomic E-state index is 0.0285. The standard InChI is InChI=1S/C11H16N6O2S/c1-8-10(14-2-4-17-5-3-15-16-17)6-9(12)7-11(8)20(13,18)19/h3,5-7,14H,2,4,12H2,1H3,(H2,13,18,19). The summed E-state index contributed by atoms with van der Waals surface area (Å²) in [5.74, 6) is 0. The van der Waals surface area contributed by atoms with Crippen LogP contribution in [0.3, 0.4) is 0 Å². The normalized spacial score (nSPS) is 11.5. The minimum atomic E-state index is -3.79. The molecule has 0 amide bonds. The van der Waals surface area contributed by atoms with E-state index < -0.39 is 10.0 Å². The van der Waals surface area contributed by atoms with Crippen molar-refractivity contribution in [2.75, 3.05) is 17.6 Å². The number of nitrogen functional groups attached to an aromatic ring is 1. The van der Waals surface area contributed by atoms with Crippen molar-refractivity contribution in [3.63, 3.8) is 0 Å². The van der Waals surface area contributed by atoms with Crippen LogP contribution in [-0.4, -0.2) is 30.0 Å². The first kappa shape index (κ1) is 14.3. The van der Waals surface area contributed by atoms with Crippen LogP contribution in [0.2, 0.25) is 0 Å². The van der Waals surface area contributed by atoms with Gasteiger partial charge in [-0.1, -0.05) is 5.21 Å². The predicted molar refractivity (Wildman–Crippen MR) is 75.5 cm³/mol. The summed E-state index contributed by atoms with van der Waals surface area (Å²) in [4.78, 5) is 0.0285. The molecule has 0 aliphatic heterocycles. The van der Waals surface area contributed by atoms with Crippen molar-refractivity contribution in [3.8, 4) is 0 Å². The maximum absolute atomic E-state index is 11.5. The zero-order valence-corrected chi connectivity index (χ0v) is 11.8. The fourth-order valence-electron chi connectivity index (χ4n) is 1.85. The topological polar surface area (TPSA) is 129 Å². The molecule has 0 bridgehead atoms. The third-order valence-electron chi connectivity index (χ3n) is 2.82. The van der Waals surface area contributed by atoms with E-state index in [9.17, 15) is 8.42 Å². The van der Waals surface area contributed by atoms with Gasteiger partial charge in [0.1, 0.15) is 0 Å². The zero-order valence-electron chi connectivity index (χ0n) is 10.9. The van der Waals surface area contributed by atoms with E-state index in [2.05, 4.69) is 15.6 Å². The first-order valence-corrected chi connectivity index (χ1v) is 7.43. The van der Waals surface area contributed by atoms with Gasteiger partial charge in [-0.25, -0.2) is 13.6 Å². The molecule has 1 aromatic carbocycles. The van der Waals surface area contributed by atoms with Crippen LogP contribution < -0.4 is 16.2 Å². The van der Waals surface area contributed by atoms with Gasteiger partial charge in [0, 0.05) is 24.1 Å². The smallest absolute Gasteiger partial charge is 0.238 e. The molecule has 9 heteroatoms. The van der Waals surface area contributed by atoms with Gasteiger partial charge in [-0.15, -0.1) is 5.10 Å². The Balaban J connectivity index is 2.17. The molecule has 0 saturated heterocycles. The molecular formula is C11H16N6O2S. The molecule has 0 unspecified atom stereocenters. The number of nitrogens with two attached hydrogens (primary N) is 2. The van der Waals surface area contributed by atoms with E-state index >= 15 is 0 Å². The fraction of sp³-hybridized carbons (Fsp3) is 0.273. The van der Waals surface area contributed by atoms with Gasteiger partial charge in [0.15, 0.2) is 0 Å². The molecule has 1 aromatic heterocycles. The Hall–Kier alpha value is -2.13. The van der Waals surface area contributed by atoms with Gasteiger partial charge in [0.25, 0.3) is 0 Å². The van der Waals surface area contributed by atoms with Crippen molar-refractivity contribution in [2.45, 2.75) is 18.4 Å². The second-order valence-electron chi connectivity index (χ2n) is 4.33. The number of anilines is 2. The lowest BCUT2D eigenvalue weighted by atomic mass is 10.2. The lowest BCUT2D eigenvalue weighted by Crippen LogP contribution is -2.17. The first-order chi connectivity index (χ1) is 9.38. The number of hydrogen-bond donors (Lipinski definition) is 3. The van der Waals surface area contributed by atoms with Crippen molar-refractivity contribution < 1.29 is 8.42 Å². The van der Waals surface area contributed by atoms with Crippen molar-refractivity contribution in [3.05, 3.63) is 30.1 Å². The number of rotatable bonds is 5. The summed E-state index contributed by atoms with van der Waals surface area (Å²) in [6.07, 6.45) is 3.33. The first-order valence-electron chi connectivity index (χ1n) is 5.89. The molecule has 20 heavy (non-hydrogen) atoms. The van der Waals surface area contributed by atoms with E-state index in [-0.39, 0.29) is 4.90 Å². The predicted octanol–water partition coefficient (Wildman–Crippen LogP) is -0.0718. The van der Waals surface area contributed by atoms with Gasteiger partial charge in [-0.3, -0.25) is 4.68 Å². The summed E-state index contributed by atoms with van der Waals surface area (Å²) >= 11 is 0. The van der Waals surface area contributed by atoms with Crippen molar-refractivity contribution >= 4 is 21.4 Å². The Morgan fingerprint density at radius 3 is 2.75 bits per heavy atom. The Morgan fingerprint density at radius 2 is 2.15 bits per heavy atom. The zero-order chi connectivity index (χ0) is 14.8. The Bertz CT molecular complexity index is 696. The summed E-state index contributed by atoms with van der Waals surface area (Å²) in [6, 6.07) is 3.03. The van der Waals surface area contributed by atoms with Gasteiger partial charge in [0.05, 0.1) is 17.6 Å². The molecule has 2 rings (SSSR count). The number of primary sulfonamides is 1. The Morgan fingerprint density at radius 1 is 1.40 bits per heavy atom. The molecule has 1 heterocycles. The maximum atomic E-state index is 11.5. The molecule has 2 aromatic rings. The molecule has 0 saturated carbocycles. The van der Waals surface area contributed by atoms with Gasteiger partial charge in [0.2, 0.25) is 10.0 Å². The molecule has 0 radical (unpaired) electrons. The van der Waals surface area contributed by atoms with Crippen molar-refractivity contribution in [2.24, 2.45) is 5.14 Å². The molecule has 8 nitrogen and oxygen atoms in total. The van der Waals surface area contributed by atoms with Crippen LogP contribution in [0.25, 0.3) is 0 Å². The van der Waals surface area contributed by atoms with Crippen LogP contribution in [0.1, 0.15) is 5.56 Å². The summed E-state index contributed by atoms with van der Waals surface area (Å²) in [6.45, 7) is 2.83. The average molecular weight is 296 g/mol. The highest BCUT2D eigenvalue weighted by Crippen LogP contribution is 2.25. The number of nitrogens with one attached hydrogen (secondary N) is 1. The van der Waals surface area contributed by atoms with Gasteiger partial charge < -0.3 is 11.1 Å².